The zero-order valence-electron chi connectivity index (χ0n) is 11.7. The first-order valence-corrected chi connectivity index (χ1v) is 6.16. The zero-order chi connectivity index (χ0) is 13.8. The highest BCUT2D eigenvalue weighted by molar-refractivity contribution is 6.08. The van der Waals surface area contributed by atoms with Crippen LogP contribution in [0.4, 0.5) is 4.79 Å². The standard InChI is InChI=1S/C15H21NO2/c1-11(2)18-14(17)16-13(15(3,4)5)12-9-7-6-8-10-12/h6-11H,1-5H3. The highest BCUT2D eigenvalue weighted by atomic mass is 16.6. The molecular formula is C15H21NO2. The third-order valence-electron chi connectivity index (χ3n) is 2.30. The molecule has 0 aliphatic rings. The quantitative estimate of drug-likeness (QED) is 0.739. The molecule has 98 valence electrons. The van der Waals surface area contributed by atoms with Crippen LogP contribution in [-0.4, -0.2) is 17.9 Å². The molecule has 3 heteroatoms. The number of ether oxygens (including phenoxy) is 1. The summed E-state index contributed by atoms with van der Waals surface area (Å²) in [6, 6.07) is 9.71. The van der Waals surface area contributed by atoms with E-state index >= 15 is 0 Å². The maximum Gasteiger partial charge on any atom is 0.434 e. The van der Waals surface area contributed by atoms with Crippen molar-refractivity contribution in [3.8, 4) is 0 Å². The predicted octanol–water partition coefficient (Wildman–Crippen LogP) is 4.07. The van der Waals surface area contributed by atoms with E-state index in [0.29, 0.717) is 0 Å². The number of aliphatic imine (C=N–C) groups is 1. The summed E-state index contributed by atoms with van der Waals surface area (Å²) in [5, 5.41) is 0. The van der Waals surface area contributed by atoms with Gasteiger partial charge in [-0.1, -0.05) is 51.1 Å². The molecule has 0 radical (unpaired) electrons. The van der Waals surface area contributed by atoms with E-state index in [9.17, 15) is 4.79 Å². The Balaban J connectivity index is 3.08. The van der Waals surface area contributed by atoms with E-state index in [1.165, 1.54) is 0 Å². The SMILES string of the molecule is CC(C)OC(=O)N=C(c1ccccc1)C(C)(C)C. The van der Waals surface area contributed by atoms with E-state index in [1.54, 1.807) is 0 Å². The van der Waals surface area contributed by atoms with Crippen LogP contribution in [0.1, 0.15) is 40.2 Å². The molecular weight excluding hydrogens is 226 g/mol. The Morgan fingerprint density at radius 1 is 1.17 bits per heavy atom. The minimum absolute atomic E-state index is 0.154. The summed E-state index contributed by atoms with van der Waals surface area (Å²) in [5.74, 6) is 0. The van der Waals surface area contributed by atoms with Gasteiger partial charge in [0.1, 0.15) is 0 Å². The third kappa shape index (κ3) is 4.32. The zero-order valence-corrected chi connectivity index (χ0v) is 11.7. The van der Waals surface area contributed by atoms with Crippen LogP contribution < -0.4 is 0 Å². The van der Waals surface area contributed by atoms with Crippen molar-refractivity contribution >= 4 is 11.8 Å². The van der Waals surface area contributed by atoms with Crippen LogP contribution >= 0.6 is 0 Å². The first-order chi connectivity index (χ1) is 8.30. The Labute approximate surface area is 109 Å². The molecule has 1 rings (SSSR count). The van der Waals surface area contributed by atoms with E-state index in [1.807, 2.05) is 65.0 Å². The molecule has 0 aliphatic carbocycles. The van der Waals surface area contributed by atoms with Crippen molar-refractivity contribution in [1.29, 1.82) is 0 Å². The van der Waals surface area contributed by atoms with Crippen molar-refractivity contribution in [3.63, 3.8) is 0 Å². The first kappa shape index (κ1) is 14.4. The molecule has 0 N–H and O–H groups in total. The molecule has 1 amide bonds. The Kier molecular flexibility index (Phi) is 4.65. The monoisotopic (exact) mass is 247 g/mol. The molecule has 0 aromatic heterocycles. The summed E-state index contributed by atoms with van der Waals surface area (Å²) in [6.45, 7) is 9.71. The summed E-state index contributed by atoms with van der Waals surface area (Å²) < 4.78 is 5.07. The van der Waals surface area contributed by atoms with Crippen molar-refractivity contribution < 1.29 is 9.53 Å². The van der Waals surface area contributed by atoms with Crippen LogP contribution in [0.5, 0.6) is 0 Å². The molecule has 0 heterocycles. The lowest BCUT2D eigenvalue weighted by Gasteiger charge is -2.21. The van der Waals surface area contributed by atoms with Crippen LogP contribution in [0.25, 0.3) is 0 Å². The normalized spacial score (nSPS) is 12.7. The van der Waals surface area contributed by atoms with Gasteiger partial charge in [-0.25, -0.2) is 4.79 Å². The lowest BCUT2D eigenvalue weighted by atomic mass is 9.85. The fraction of sp³-hybridized carbons (Fsp3) is 0.467. The Morgan fingerprint density at radius 3 is 2.17 bits per heavy atom. The average Bonchev–Trinajstić information content (AvgIpc) is 2.24. The average molecular weight is 247 g/mol. The van der Waals surface area contributed by atoms with Gasteiger partial charge in [0.05, 0.1) is 11.8 Å². The molecule has 0 fully saturated rings. The number of rotatable bonds is 2. The first-order valence-electron chi connectivity index (χ1n) is 6.16. The minimum atomic E-state index is -0.529. The summed E-state index contributed by atoms with van der Waals surface area (Å²) in [6.07, 6.45) is -0.683. The second-order valence-electron chi connectivity index (χ2n) is 5.51. The van der Waals surface area contributed by atoms with Gasteiger partial charge in [0.25, 0.3) is 0 Å². The second kappa shape index (κ2) is 5.80. The number of amides is 1. The molecule has 0 saturated heterocycles. The maximum atomic E-state index is 11.7. The van der Waals surface area contributed by atoms with Crippen molar-refractivity contribution in [3.05, 3.63) is 35.9 Å². The Hall–Kier alpha value is -1.64. The largest absolute Gasteiger partial charge is 0.445 e. The highest BCUT2D eigenvalue weighted by Crippen LogP contribution is 2.22. The number of nitrogens with zero attached hydrogens (tertiary/aromatic N) is 1. The van der Waals surface area contributed by atoms with E-state index < -0.39 is 6.09 Å². The molecule has 3 nitrogen and oxygen atoms in total. The van der Waals surface area contributed by atoms with Crippen LogP contribution in [0.15, 0.2) is 35.3 Å². The number of hydrogen-bond acceptors (Lipinski definition) is 2. The lowest BCUT2D eigenvalue weighted by molar-refractivity contribution is 0.125. The molecule has 0 bridgehead atoms. The van der Waals surface area contributed by atoms with Gasteiger partial charge in [0.2, 0.25) is 0 Å². The van der Waals surface area contributed by atoms with Gasteiger partial charge >= 0.3 is 6.09 Å². The molecule has 0 atom stereocenters. The van der Waals surface area contributed by atoms with Gasteiger partial charge in [-0.2, -0.15) is 4.99 Å². The minimum Gasteiger partial charge on any atom is -0.445 e. The summed E-state index contributed by atoms with van der Waals surface area (Å²) >= 11 is 0. The van der Waals surface area contributed by atoms with Crippen LogP contribution in [0, 0.1) is 5.41 Å². The van der Waals surface area contributed by atoms with E-state index in [2.05, 4.69) is 4.99 Å². The van der Waals surface area contributed by atoms with E-state index in [0.717, 1.165) is 11.3 Å². The highest BCUT2D eigenvalue weighted by Gasteiger charge is 2.22. The topological polar surface area (TPSA) is 38.7 Å². The van der Waals surface area contributed by atoms with Crippen molar-refractivity contribution in [2.45, 2.75) is 40.7 Å². The molecule has 0 aliphatic heterocycles. The van der Waals surface area contributed by atoms with Gasteiger partial charge in [-0.05, 0) is 19.4 Å². The Morgan fingerprint density at radius 2 is 1.72 bits per heavy atom. The Bertz CT molecular complexity index is 428. The third-order valence-corrected chi connectivity index (χ3v) is 2.30. The van der Waals surface area contributed by atoms with Crippen LogP contribution in [0.3, 0.4) is 0 Å². The van der Waals surface area contributed by atoms with E-state index in [-0.39, 0.29) is 11.5 Å². The molecule has 0 unspecified atom stereocenters. The second-order valence-corrected chi connectivity index (χ2v) is 5.51. The van der Waals surface area contributed by atoms with E-state index in [4.69, 9.17) is 4.74 Å². The van der Waals surface area contributed by atoms with Crippen molar-refractivity contribution in [2.75, 3.05) is 0 Å². The van der Waals surface area contributed by atoms with Gasteiger partial charge in [0, 0.05) is 5.41 Å². The number of benzene rings is 1. The molecule has 1 aromatic carbocycles. The predicted molar refractivity (Wildman–Crippen MR) is 74.1 cm³/mol. The summed E-state index contributed by atoms with van der Waals surface area (Å²) in [5.41, 5.74) is 1.48. The summed E-state index contributed by atoms with van der Waals surface area (Å²) in [4.78, 5) is 15.8. The molecule has 0 saturated carbocycles. The smallest absolute Gasteiger partial charge is 0.434 e. The maximum absolute atomic E-state index is 11.7. The number of hydrogen-bond donors (Lipinski definition) is 0. The van der Waals surface area contributed by atoms with Gasteiger partial charge < -0.3 is 4.74 Å². The molecule has 1 aromatic rings. The van der Waals surface area contributed by atoms with Gasteiger partial charge in [-0.3, -0.25) is 0 Å². The van der Waals surface area contributed by atoms with Crippen molar-refractivity contribution in [2.24, 2.45) is 10.4 Å². The lowest BCUT2D eigenvalue weighted by Crippen LogP contribution is -2.23. The molecule has 18 heavy (non-hydrogen) atoms. The molecule has 0 spiro atoms. The van der Waals surface area contributed by atoms with Crippen molar-refractivity contribution in [1.82, 2.24) is 0 Å². The fourth-order valence-electron chi connectivity index (χ4n) is 1.58. The number of carbonyl (C=O) groups excluding carboxylic acids is 1. The van der Waals surface area contributed by atoms with Gasteiger partial charge in [0.15, 0.2) is 0 Å². The number of carbonyl (C=O) groups is 1. The van der Waals surface area contributed by atoms with Crippen LogP contribution in [-0.2, 0) is 4.74 Å². The fourth-order valence-corrected chi connectivity index (χ4v) is 1.58. The van der Waals surface area contributed by atoms with Gasteiger partial charge in [-0.15, -0.1) is 0 Å². The van der Waals surface area contributed by atoms with Crippen LogP contribution in [0.2, 0.25) is 0 Å². The summed E-state index contributed by atoms with van der Waals surface area (Å²) in [7, 11) is 0.